The van der Waals surface area contributed by atoms with E-state index in [4.69, 9.17) is 9.72 Å². The van der Waals surface area contributed by atoms with Crippen LogP contribution in [0.25, 0.3) is 5.65 Å². The van der Waals surface area contributed by atoms with Crippen LogP contribution in [-0.4, -0.2) is 63.2 Å². The molecule has 1 saturated carbocycles. The number of H-pyrrole nitrogens is 1. The zero-order chi connectivity index (χ0) is 20.9. The summed E-state index contributed by atoms with van der Waals surface area (Å²) < 4.78 is 7.19. The van der Waals surface area contributed by atoms with Gasteiger partial charge in [-0.3, -0.25) is 19.6 Å². The van der Waals surface area contributed by atoms with E-state index in [0.717, 1.165) is 63.4 Å². The fourth-order valence-electron chi connectivity index (χ4n) is 5.57. The first-order valence-electron chi connectivity index (χ1n) is 11.9. The molecule has 0 spiro atoms. The van der Waals surface area contributed by atoms with Crippen molar-refractivity contribution in [3.8, 4) is 0 Å². The van der Waals surface area contributed by atoms with Crippen molar-refractivity contribution in [2.24, 2.45) is 11.8 Å². The normalized spacial score (nSPS) is 27.0. The van der Waals surface area contributed by atoms with Crippen molar-refractivity contribution in [3.63, 3.8) is 0 Å². The lowest BCUT2D eigenvalue weighted by Gasteiger charge is -2.36. The van der Waals surface area contributed by atoms with E-state index >= 15 is 0 Å². The van der Waals surface area contributed by atoms with Gasteiger partial charge in [0, 0.05) is 38.1 Å². The fraction of sp³-hybridized carbons (Fsp3) is 0.696. The number of carbonyl (C=O) groups excluding carboxylic acids is 1. The van der Waals surface area contributed by atoms with Crippen LogP contribution in [-0.2, 0) is 22.5 Å². The van der Waals surface area contributed by atoms with Crippen LogP contribution in [0.15, 0.2) is 10.9 Å². The molecule has 3 fully saturated rings. The van der Waals surface area contributed by atoms with Crippen molar-refractivity contribution in [1.29, 1.82) is 0 Å². The minimum absolute atomic E-state index is 0.0499. The molecule has 1 amide bonds. The van der Waals surface area contributed by atoms with E-state index in [1.165, 1.54) is 12.8 Å². The number of aromatic amines is 1. The molecule has 0 aromatic carbocycles. The highest BCUT2D eigenvalue weighted by molar-refractivity contribution is 5.81. The van der Waals surface area contributed by atoms with Crippen LogP contribution >= 0.6 is 0 Å². The van der Waals surface area contributed by atoms with Crippen LogP contribution in [0.3, 0.4) is 0 Å². The maximum absolute atomic E-state index is 13.3. The second kappa shape index (κ2) is 7.74. The van der Waals surface area contributed by atoms with Gasteiger partial charge in [0.05, 0.1) is 36.1 Å². The highest BCUT2D eigenvalue weighted by Crippen LogP contribution is 2.33. The van der Waals surface area contributed by atoms with Crippen molar-refractivity contribution in [2.45, 2.75) is 57.5 Å². The maximum atomic E-state index is 13.3. The Labute approximate surface area is 181 Å². The van der Waals surface area contributed by atoms with Gasteiger partial charge in [0.25, 0.3) is 5.56 Å². The summed E-state index contributed by atoms with van der Waals surface area (Å²) in [6.45, 7) is 4.94. The number of piperidine rings is 1. The number of fused-ring (bicyclic) bond motifs is 2. The summed E-state index contributed by atoms with van der Waals surface area (Å²) in [5.74, 6) is 0.991. The fourth-order valence-corrected chi connectivity index (χ4v) is 5.57. The van der Waals surface area contributed by atoms with Crippen molar-refractivity contribution in [3.05, 3.63) is 33.4 Å². The van der Waals surface area contributed by atoms with Gasteiger partial charge in [0.1, 0.15) is 0 Å². The lowest BCUT2D eigenvalue weighted by molar-refractivity contribution is -0.133. The SMILES string of the molecule is O=C(C1CC1)N1CCc2nc3cc([C@@H]4CCCCN4C[C@@H]4CCOC4)[nH]n3c(=O)c2C1. The van der Waals surface area contributed by atoms with Crippen LogP contribution in [0.4, 0.5) is 0 Å². The largest absolute Gasteiger partial charge is 0.381 e. The molecule has 2 atom stereocenters. The summed E-state index contributed by atoms with van der Waals surface area (Å²) in [5, 5.41) is 3.38. The van der Waals surface area contributed by atoms with Gasteiger partial charge in [-0.05, 0) is 44.6 Å². The number of amides is 1. The Morgan fingerprint density at radius 2 is 2.10 bits per heavy atom. The average Bonchev–Trinajstić information content (AvgIpc) is 3.35. The smallest absolute Gasteiger partial charge is 0.277 e. The highest BCUT2D eigenvalue weighted by Gasteiger charge is 2.36. The number of hydrogen-bond acceptors (Lipinski definition) is 5. The summed E-state index contributed by atoms with van der Waals surface area (Å²) >= 11 is 0. The van der Waals surface area contributed by atoms with Crippen molar-refractivity contribution < 1.29 is 9.53 Å². The third-order valence-electron chi connectivity index (χ3n) is 7.51. The number of likely N-dealkylation sites (tertiary alicyclic amines) is 1. The van der Waals surface area contributed by atoms with Gasteiger partial charge in [0.2, 0.25) is 5.91 Å². The van der Waals surface area contributed by atoms with Crippen LogP contribution in [0, 0.1) is 11.8 Å². The average molecular weight is 426 g/mol. The molecule has 8 nitrogen and oxygen atoms in total. The second-order valence-electron chi connectivity index (χ2n) is 9.77. The quantitative estimate of drug-likeness (QED) is 0.809. The van der Waals surface area contributed by atoms with E-state index in [2.05, 4.69) is 16.1 Å². The molecule has 8 heteroatoms. The predicted molar refractivity (Wildman–Crippen MR) is 115 cm³/mol. The molecule has 1 N–H and O–H groups in total. The molecular formula is C23H31N5O3. The minimum atomic E-state index is -0.0499. The van der Waals surface area contributed by atoms with Crippen LogP contribution in [0.1, 0.15) is 61.5 Å². The van der Waals surface area contributed by atoms with Crippen LogP contribution < -0.4 is 5.56 Å². The maximum Gasteiger partial charge on any atom is 0.277 e. The summed E-state index contributed by atoms with van der Waals surface area (Å²) in [4.78, 5) is 35.1. The van der Waals surface area contributed by atoms with E-state index in [1.54, 1.807) is 4.52 Å². The molecule has 2 aromatic heterocycles. The lowest BCUT2D eigenvalue weighted by atomic mass is 9.97. The van der Waals surface area contributed by atoms with Crippen LogP contribution in [0.5, 0.6) is 0 Å². The number of nitrogens with one attached hydrogen (secondary N) is 1. The highest BCUT2D eigenvalue weighted by atomic mass is 16.5. The number of carbonyl (C=O) groups is 1. The van der Waals surface area contributed by atoms with E-state index in [-0.39, 0.29) is 17.4 Å². The van der Waals surface area contributed by atoms with Crippen molar-refractivity contribution in [1.82, 2.24) is 24.4 Å². The van der Waals surface area contributed by atoms with Gasteiger partial charge in [-0.25, -0.2) is 9.50 Å². The first kappa shape index (κ1) is 19.5. The molecule has 0 unspecified atom stereocenters. The van der Waals surface area contributed by atoms with Gasteiger partial charge in [-0.2, -0.15) is 0 Å². The second-order valence-corrected chi connectivity index (χ2v) is 9.77. The predicted octanol–water partition coefficient (Wildman–Crippen LogP) is 1.88. The van der Waals surface area contributed by atoms with E-state index in [1.807, 2.05) is 4.90 Å². The molecule has 4 aliphatic rings. The number of rotatable bonds is 4. The van der Waals surface area contributed by atoms with Gasteiger partial charge >= 0.3 is 0 Å². The molecule has 0 radical (unpaired) electrons. The summed E-state index contributed by atoms with van der Waals surface area (Å²) in [7, 11) is 0. The number of aromatic nitrogens is 3. The Hall–Kier alpha value is -2.19. The topological polar surface area (TPSA) is 82.9 Å². The third-order valence-corrected chi connectivity index (χ3v) is 7.51. The van der Waals surface area contributed by atoms with E-state index < -0.39 is 0 Å². The Morgan fingerprint density at radius 1 is 1.19 bits per heavy atom. The molecule has 5 heterocycles. The van der Waals surface area contributed by atoms with E-state index in [9.17, 15) is 9.59 Å². The summed E-state index contributed by atoms with van der Waals surface area (Å²) in [5.41, 5.74) is 3.27. The van der Waals surface area contributed by atoms with Crippen molar-refractivity contribution >= 4 is 11.6 Å². The Kier molecular flexibility index (Phi) is 4.87. The first-order chi connectivity index (χ1) is 15.2. The zero-order valence-electron chi connectivity index (χ0n) is 18.0. The molecule has 2 saturated heterocycles. The lowest BCUT2D eigenvalue weighted by Crippen LogP contribution is -2.41. The molecule has 2 aromatic rings. The van der Waals surface area contributed by atoms with Gasteiger partial charge in [0.15, 0.2) is 5.65 Å². The molecular weight excluding hydrogens is 394 g/mol. The standard InChI is InChI=1S/C23H31N5O3/c29-22(16-4-5-16)27-9-6-18-17(13-27)23(30)28-21(24-18)11-19(25-28)20-3-1-2-8-26(20)12-15-7-10-31-14-15/h11,15-16,20,25H,1-10,12-14H2/t15-,20-/m0/s1. The number of nitrogens with zero attached hydrogens (tertiary/aromatic N) is 4. The van der Waals surface area contributed by atoms with Gasteiger partial charge in [-0.1, -0.05) is 6.42 Å². The van der Waals surface area contributed by atoms with Gasteiger partial charge in [-0.15, -0.1) is 0 Å². The van der Waals surface area contributed by atoms with Gasteiger partial charge < -0.3 is 9.64 Å². The zero-order valence-corrected chi connectivity index (χ0v) is 18.0. The molecule has 1 aliphatic carbocycles. The third kappa shape index (κ3) is 3.59. The van der Waals surface area contributed by atoms with Crippen molar-refractivity contribution in [2.75, 3.05) is 32.8 Å². The molecule has 31 heavy (non-hydrogen) atoms. The first-order valence-corrected chi connectivity index (χ1v) is 11.9. The van der Waals surface area contributed by atoms with Crippen LogP contribution in [0.2, 0.25) is 0 Å². The summed E-state index contributed by atoms with van der Waals surface area (Å²) in [6, 6.07) is 2.36. The van der Waals surface area contributed by atoms with E-state index in [0.29, 0.717) is 42.7 Å². The monoisotopic (exact) mass is 425 g/mol. The Bertz CT molecular complexity index is 1050. The minimum Gasteiger partial charge on any atom is -0.381 e. The molecule has 6 rings (SSSR count). The summed E-state index contributed by atoms with van der Waals surface area (Å²) in [6.07, 6.45) is 7.30. The molecule has 0 bridgehead atoms. The number of ether oxygens (including phenoxy) is 1. The Morgan fingerprint density at radius 3 is 2.90 bits per heavy atom. The Balaban J connectivity index is 1.29. The number of hydrogen-bond donors (Lipinski definition) is 1. The molecule has 166 valence electrons. The molecule has 3 aliphatic heterocycles.